The highest BCUT2D eigenvalue weighted by Gasteiger charge is 2.25. The van der Waals surface area contributed by atoms with Crippen molar-refractivity contribution in [1.82, 2.24) is 24.0 Å². The molecule has 0 spiro atoms. The molecule has 0 radical (unpaired) electrons. The Kier molecular flexibility index (Phi) is 3.90. The molecule has 1 unspecified atom stereocenters. The van der Waals surface area contributed by atoms with Gasteiger partial charge in [0, 0.05) is 20.1 Å². The van der Waals surface area contributed by atoms with E-state index in [0.29, 0.717) is 24.3 Å². The van der Waals surface area contributed by atoms with E-state index in [0.717, 1.165) is 31.6 Å². The second kappa shape index (κ2) is 5.72. The number of nitrogens with one attached hydrogen (secondary N) is 1. The molecule has 3 rings (SSSR count). The van der Waals surface area contributed by atoms with Crippen LogP contribution in [0.15, 0.2) is 9.59 Å². The molecule has 1 aliphatic heterocycles. The predicted molar refractivity (Wildman–Crippen MR) is 85.4 cm³/mol. The minimum Gasteiger partial charge on any atom is -0.325 e. The third-order valence-electron chi connectivity index (χ3n) is 4.55. The van der Waals surface area contributed by atoms with Crippen molar-refractivity contribution in [3.8, 4) is 0 Å². The first-order valence-corrected chi connectivity index (χ1v) is 7.95. The summed E-state index contributed by atoms with van der Waals surface area (Å²) < 4.78 is 4.89. The summed E-state index contributed by atoms with van der Waals surface area (Å²) in [7, 11) is 1.83. The van der Waals surface area contributed by atoms with Gasteiger partial charge < -0.3 is 9.88 Å². The Bertz CT molecular complexity index is 808. The molecular formula is C15H23N5O2. The number of fused-ring (bicyclic) bond motifs is 1. The van der Waals surface area contributed by atoms with Gasteiger partial charge in [0.25, 0.3) is 5.56 Å². The Balaban J connectivity index is 2.33. The number of unbranched alkanes of at least 4 members (excludes halogenated alkanes) is 1. The normalized spacial score (nSPS) is 18.4. The van der Waals surface area contributed by atoms with Crippen molar-refractivity contribution in [2.75, 3.05) is 13.1 Å². The zero-order valence-electron chi connectivity index (χ0n) is 13.4. The highest BCUT2D eigenvalue weighted by molar-refractivity contribution is 5.71. The van der Waals surface area contributed by atoms with Gasteiger partial charge in [-0.1, -0.05) is 13.3 Å². The third-order valence-corrected chi connectivity index (χ3v) is 4.55. The maximum absolute atomic E-state index is 12.9. The zero-order chi connectivity index (χ0) is 15.9. The van der Waals surface area contributed by atoms with Gasteiger partial charge in [0.05, 0.1) is 6.04 Å². The highest BCUT2D eigenvalue weighted by atomic mass is 16.2. The molecule has 0 bridgehead atoms. The lowest BCUT2D eigenvalue weighted by molar-refractivity contribution is 0.473. The first-order chi connectivity index (χ1) is 10.6. The highest BCUT2D eigenvalue weighted by Crippen LogP contribution is 2.14. The van der Waals surface area contributed by atoms with Crippen LogP contribution in [0.25, 0.3) is 11.2 Å². The number of hydrogen-bond acceptors (Lipinski definition) is 4. The van der Waals surface area contributed by atoms with Gasteiger partial charge in [-0.25, -0.2) is 9.78 Å². The third kappa shape index (κ3) is 2.20. The van der Waals surface area contributed by atoms with E-state index >= 15 is 0 Å². The molecule has 7 heteroatoms. The monoisotopic (exact) mass is 305 g/mol. The number of hydrogen-bond donors (Lipinski definition) is 1. The summed E-state index contributed by atoms with van der Waals surface area (Å²) in [6, 6.07) is -0.0625. The number of aromatic nitrogens is 4. The van der Waals surface area contributed by atoms with Gasteiger partial charge in [-0.05, 0) is 26.3 Å². The summed E-state index contributed by atoms with van der Waals surface area (Å²) in [6.07, 6.45) is 2.70. The van der Waals surface area contributed by atoms with Crippen LogP contribution in [-0.2, 0) is 13.6 Å². The average Bonchev–Trinajstić information content (AvgIpc) is 3.09. The van der Waals surface area contributed by atoms with Crippen molar-refractivity contribution < 1.29 is 0 Å². The number of rotatable bonds is 4. The summed E-state index contributed by atoms with van der Waals surface area (Å²) in [4.78, 5) is 30.2. The van der Waals surface area contributed by atoms with Crippen LogP contribution in [0, 0.1) is 6.92 Å². The summed E-state index contributed by atoms with van der Waals surface area (Å²) >= 11 is 0. The van der Waals surface area contributed by atoms with Gasteiger partial charge in [-0.3, -0.25) is 13.9 Å². The zero-order valence-corrected chi connectivity index (χ0v) is 13.4. The average molecular weight is 305 g/mol. The van der Waals surface area contributed by atoms with Crippen LogP contribution in [0.2, 0.25) is 0 Å². The van der Waals surface area contributed by atoms with Crippen LogP contribution in [0.4, 0.5) is 0 Å². The minimum atomic E-state index is -0.224. The molecule has 3 heterocycles. The van der Waals surface area contributed by atoms with E-state index in [-0.39, 0.29) is 17.3 Å². The molecule has 7 nitrogen and oxygen atoms in total. The molecule has 2 aromatic heterocycles. The molecule has 1 aliphatic rings. The lowest BCUT2D eigenvalue weighted by Crippen LogP contribution is -2.43. The van der Waals surface area contributed by atoms with Crippen molar-refractivity contribution >= 4 is 11.2 Å². The minimum absolute atomic E-state index is 0.0625. The van der Waals surface area contributed by atoms with Crippen molar-refractivity contribution in [3.63, 3.8) is 0 Å². The lowest BCUT2D eigenvalue weighted by atomic mass is 10.2. The van der Waals surface area contributed by atoms with E-state index in [1.54, 1.807) is 9.13 Å². The van der Waals surface area contributed by atoms with Crippen molar-refractivity contribution in [2.24, 2.45) is 7.05 Å². The molecule has 0 aromatic carbocycles. The molecule has 2 aromatic rings. The van der Waals surface area contributed by atoms with E-state index in [1.165, 1.54) is 4.57 Å². The van der Waals surface area contributed by atoms with E-state index in [4.69, 9.17) is 0 Å². The van der Waals surface area contributed by atoms with Gasteiger partial charge in [-0.15, -0.1) is 0 Å². The Morgan fingerprint density at radius 3 is 2.77 bits per heavy atom. The van der Waals surface area contributed by atoms with E-state index < -0.39 is 0 Å². The fourth-order valence-corrected chi connectivity index (χ4v) is 3.14. The summed E-state index contributed by atoms with van der Waals surface area (Å²) in [5, 5.41) is 3.23. The summed E-state index contributed by atoms with van der Waals surface area (Å²) in [5.74, 6) is 0.749. The van der Waals surface area contributed by atoms with E-state index in [2.05, 4.69) is 17.2 Å². The Hall–Kier alpha value is -1.89. The fourth-order valence-electron chi connectivity index (χ4n) is 3.14. The van der Waals surface area contributed by atoms with Crippen LogP contribution >= 0.6 is 0 Å². The summed E-state index contributed by atoms with van der Waals surface area (Å²) in [6.45, 7) is 6.06. The SMILES string of the molecule is CCCCn1c(=O)n(C2CCNC2)c(=O)c2c1nc(C)n2C. The fraction of sp³-hybridized carbons (Fsp3) is 0.667. The predicted octanol–water partition coefficient (Wildman–Crippen LogP) is 0.540. The second-order valence-electron chi connectivity index (χ2n) is 6.00. The van der Waals surface area contributed by atoms with Gasteiger partial charge >= 0.3 is 5.69 Å². The lowest BCUT2D eigenvalue weighted by Gasteiger charge is -2.15. The number of aryl methyl sites for hydroxylation is 3. The maximum Gasteiger partial charge on any atom is 0.333 e. The topological polar surface area (TPSA) is 73.8 Å². The van der Waals surface area contributed by atoms with E-state index in [9.17, 15) is 9.59 Å². The molecule has 1 fully saturated rings. The molecule has 120 valence electrons. The quantitative estimate of drug-likeness (QED) is 0.895. The maximum atomic E-state index is 12.9. The van der Waals surface area contributed by atoms with Crippen LogP contribution in [0.3, 0.4) is 0 Å². The Morgan fingerprint density at radius 2 is 2.14 bits per heavy atom. The van der Waals surface area contributed by atoms with Crippen LogP contribution in [-0.4, -0.2) is 31.8 Å². The molecule has 22 heavy (non-hydrogen) atoms. The molecule has 0 amide bonds. The Morgan fingerprint density at radius 1 is 1.36 bits per heavy atom. The summed E-state index contributed by atoms with van der Waals surface area (Å²) in [5.41, 5.74) is 0.605. The smallest absolute Gasteiger partial charge is 0.325 e. The molecule has 1 atom stereocenters. The first kappa shape index (κ1) is 15.0. The van der Waals surface area contributed by atoms with Crippen molar-refractivity contribution in [3.05, 3.63) is 26.7 Å². The van der Waals surface area contributed by atoms with Gasteiger partial charge in [0.2, 0.25) is 0 Å². The molecule has 1 N–H and O–H groups in total. The van der Waals surface area contributed by atoms with Crippen LogP contribution in [0.1, 0.15) is 38.1 Å². The first-order valence-electron chi connectivity index (χ1n) is 7.95. The number of imidazole rings is 1. The van der Waals surface area contributed by atoms with E-state index in [1.807, 2.05) is 14.0 Å². The van der Waals surface area contributed by atoms with Gasteiger partial charge in [0.15, 0.2) is 11.2 Å². The molecule has 1 saturated heterocycles. The Labute approximate surface area is 128 Å². The number of nitrogens with zero attached hydrogens (tertiary/aromatic N) is 4. The standard InChI is InChI=1S/C15H23N5O2/c1-4-5-8-19-13-12(18(3)10(2)17-13)14(21)20(15(19)22)11-6-7-16-9-11/h11,16H,4-9H2,1-3H3. The van der Waals surface area contributed by atoms with Gasteiger partial charge in [0.1, 0.15) is 5.82 Å². The van der Waals surface area contributed by atoms with Crippen LogP contribution in [0.5, 0.6) is 0 Å². The molecule has 0 aliphatic carbocycles. The van der Waals surface area contributed by atoms with Crippen LogP contribution < -0.4 is 16.6 Å². The molecule has 0 saturated carbocycles. The van der Waals surface area contributed by atoms with Crippen molar-refractivity contribution in [1.29, 1.82) is 0 Å². The second-order valence-corrected chi connectivity index (χ2v) is 6.00. The molecular weight excluding hydrogens is 282 g/mol. The van der Waals surface area contributed by atoms with Gasteiger partial charge in [-0.2, -0.15) is 0 Å². The largest absolute Gasteiger partial charge is 0.333 e. The van der Waals surface area contributed by atoms with Crippen molar-refractivity contribution in [2.45, 2.75) is 45.7 Å².